The van der Waals surface area contributed by atoms with E-state index in [4.69, 9.17) is 21.3 Å². The molecule has 0 saturated carbocycles. The van der Waals surface area contributed by atoms with Gasteiger partial charge in [-0.3, -0.25) is 10.3 Å². The lowest BCUT2D eigenvalue weighted by molar-refractivity contribution is 0.0779. The number of piperidine rings is 1. The normalized spacial score (nSPS) is 20.4. The summed E-state index contributed by atoms with van der Waals surface area (Å²) in [7, 11) is 0. The van der Waals surface area contributed by atoms with E-state index in [1.54, 1.807) is 36.1 Å². The first-order chi connectivity index (χ1) is 14.9. The van der Waals surface area contributed by atoms with Gasteiger partial charge in [0.25, 0.3) is 0 Å². The third-order valence-electron chi connectivity index (χ3n) is 5.87. The zero-order chi connectivity index (χ0) is 22.0. The molecule has 1 amide bonds. The molecule has 2 heterocycles. The molecule has 0 radical (unpaired) electrons. The Balaban J connectivity index is 1.66. The maximum atomic E-state index is 13.7. The number of ether oxygens (including phenoxy) is 1. The minimum absolute atomic E-state index is 0.0668. The van der Waals surface area contributed by atoms with Gasteiger partial charge < -0.3 is 14.7 Å². The van der Waals surface area contributed by atoms with Crippen LogP contribution in [0.4, 0.5) is 9.18 Å². The summed E-state index contributed by atoms with van der Waals surface area (Å²) < 4.78 is 18.9. The highest BCUT2D eigenvalue weighted by Gasteiger charge is 2.41. The molecule has 4 rings (SSSR count). The Kier molecular flexibility index (Phi) is 6.16. The Labute approximate surface area is 185 Å². The van der Waals surface area contributed by atoms with Gasteiger partial charge in [0.2, 0.25) is 0 Å². The van der Waals surface area contributed by atoms with E-state index < -0.39 is 11.5 Å². The molecular formula is C23H25ClFN3O3. The van der Waals surface area contributed by atoms with Gasteiger partial charge >= 0.3 is 6.09 Å². The van der Waals surface area contributed by atoms with E-state index in [2.05, 4.69) is 5.32 Å². The number of para-hydroxylation sites is 1. The van der Waals surface area contributed by atoms with Crippen molar-refractivity contribution in [2.75, 3.05) is 19.7 Å². The number of aromatic hydroxyl groups is 1. The van der Waals surface area contributed by atoms with Crippen LogP contribution in [0.1, 0.15) is 43.4 Å². The van der Waals surface area contributed by atoms with Crippen LogP contribution in [0.3, 0.4) is 0 Å². The minimum Gasteiger partial charge on any atom is -0.507 e. The molecule has 1 spiro atoms. The van der Waals surface area contributed by atoms with Crippen LogP contribution >= 0.6 is 11.6 Å². The molecule has 2 aliphatic heterocycles. The predicted molar refractivity (Wildman–Crippen MR) is 117 cm³/mol. The number of carbonyl (C=O) groups is 1. The second-order valence-electron chi connectivity index (χ2n) is 7.87. The van der Waals surface area contributed by atoms with Crippen molar-refractivity contribution in [1.29, 1.82) is 0 Å². The highest BCUT2D eigenvalue weighted by Crippen LogP contribution is 2.37. The number of phenols is 1. The van der Waals surface area contributed by atoms with Crippen LogP contribution in [0.2, 0.25) is 5.02 Å². The summed E-state index contributed by atoms with van der Waals surface area (Å²) in [6.07, 6.45) is 1.38. The van der Waals surface area contributed by atoms with Gasteiger partial charge in [-0.05, 0) is 36.8 Å². The lowest BCUT2D eigenvalue weighted by atomic mass is 9.87. The third kappa shape index (κ3) is 4.52. The van der Waals surface area contributed by atoms with E-state index in [9.17, 15) is 14.3 Å². The van der Waals surface area contributed by atoms with Crippen molar-refractivity contribution in [3.63, 3.8) is 0 Å². The zero-order valence-electron chi connectivity index (χ0n) is 17.3. The highest BCUT2D eigenvalue weighted by atomic mass is 35.5. The number of likely N-dealkylation sites (tertiary alicyclic amines) is 1. The summed E-state index contributed by atoms with van der Waals surface area (Å²) in [6, 6.07) is 11.7. The number of hydrogen-bond acceptors (Lipinski definition) is 5. The molecule has 0 bridgehead atoms. The highest BCUT2D eigenvalue weighted by molar-refractivity contribution is 6.30. The fourth-order valence-corrected chi connectivity index (χ4v) is 4.44. The van der Waals surface area contributed by atoms with Gasteiger partial charge in [-0.25, -0.2) is 9.18 Å². The van der Waals surface area contributed by atoms with E-state index in [0.717, 1.165) is 11.3 Å². The number of carbonyl (C=O) groups excluding carboxylic acids is 1. The average molecular weight is 446 g/mol. The van der Waals surface area contributed by atoms with Crippen molar-refractivity contribution in [3.05, 3.63) is 64.4 Å². The van der Waals surface area contributed by atoms with Crippen LogP contribution in [0.25, 0.3) is 0 Å². The number of amides is 1. The number of aliphatic imine (C=N–C) groups is 1. The summed E-state index contributed by atoms with van der Waals surface area (Å²) in [5, 5.41) is 14.1. The SMILES string of the molecule is CCOC(=O)N1CCC2(CC1)N=C(c1ccccc1O)C[C@H](c1ccc(F)c(Cl)c1)N2. The van der Waals surface area contributed by atoms with Gasteiger partial charge in [0.05, 0.1) is 11.6 Å². The van der Waals surface area contributed by atoms with Crippen LogP contribution in [-0.4, -0.2) is 47.2 Å². The number of halogens is 2. The standard InChI is InChI=1S/C23H25ClFN3O3/c1-2-31-22(30)28-11-9-23(10-12-28)26-19(15-7-8-18(25)17(24)13-15)14-20(27-23)16-5-3-4-6-21(16)29/h3-8,13,19,26,29H,2,9-12,14H2,1H3/t19-/m1/s1. The molecule has 2 aromatic rings. The first-order valence-corrected chi connectivity index (χ1v) is 10.8. The Morgan fingerprint density at radius 1 is 1.32 bits per heavy atom. The molecule has 0 aliphatic carbocycles. The summed E-state index contributed by atoms with van der Waals surface area (Å²) in [6.45, 7) is 3.12. The number of hydrogen-bond donors (Lipinski definition) is 2. The molecule has 2 aliphatic rings. The van der Waals surface area contributed by atoms with Crippen molar-refractivity contribution in [2.24, 2.45) is 4.99 Å². The molecule has 1 fully saturated rings. The van der Waals surface area contributed by atoms with E-state index in [0.29, 0.717) is 44.5 Å². The Morgan fingerprint density at radius 3 is 2.74 bits per heavy atom. The zero-order valence-corrected chi connectivity index (χ0v) is 18.0. The van der Waals surface area contributed by atoms with Crippen molar-refractivity contribution < 1.29 is 19.0 Å². The molecule has 0 aromatic heterocycles. The third-order valence-corrected chi connectivity index (χ3v) is 6.16. The second kappa shape index (κ2) is 8.85. The number of rotatable bonds is 3. The van der Waals surface area contributed by atoms with Gasteiger partial charge in [0.1, 0.15) is 17.2 Å². The van der Waals surface area contributed by atoms with Gasteiger partial charge in [-0.1, -0.05) is 29.8 Å². The van der Waals surface area contributed by atoms with Crippen LogP contribution in [0, 0.1) is 5.82 Å². The number of nitrogens with zero attached hydrogens (tertiary/aromatic N) is 2. The number of phenolic OH excluding ortho intramolecular Hbond substituents is 1. The van der Waals surface area contributed by atoms with E-state index in [1.165, 1.54) is 6.07 Å². The monoisotopic (exact) mass is 445 g/mol. The maximum Gasteiger partial charge on any atom is 0.409 e. The largest absolute Gasteiger partial charge is 0.507 e. The van der Waals surface area contributed by atoms with Crippen LogP contribution in [0.15, 0.2) is 47.5 Å². The molecule has 0 unspecified atom stereocenters. The molecule has 164 valence electrons. The second-order valence-corrected chi connectivity index (χ2v) is 8.27. The Hall–Kier alpha value is -2.64. The summed E-state index contributed by atoms with van der Waals surface area (Å²) >= 11 is 6.04. The Bertz CT molecular complexity index is 1010. The number of nitrogens with one attached hydrogen (secondary N) is 1. The topological polar surface area (TPSA) is 74.2 Å². The van der Waals surface area contributed by atoms with E-state index in [1.807, 2.05) is 12.1 Å². The molecule has 2 aromatic carbocycles. The fraction of sp³-hybridized carbons (Fsp3) is 0.391. The van der Waals surface area contributed by atoms with E-state index in [-0.39, 0.29) is 22.9 Å². The summed E-state index contributed by atoms with van der Waals surface area (Å²) in [5.41, 5.74) is 1.69. The van der Waals surface area contributed by atoms with Crippen LogP contribution in [-0.2, 0) is 4.74 Å². The van der Waals surface area contributed by atoms with Gasteiger partial charge in [-0.15, -0.1) is 0 Å². The van der Waals surface area contributed by atoms with E-state index >= 15 is 0 Å². The van der Waals surface area contributed by atoms with Gasteiger partial charge in [-0.2, -0.15) is 0 Å². The smallest absolute Gasteiger partial charge is 0.409 e. The molecular weight excluding hydrogens is 421 g/mol. The van der Waals surface area contributed by atoms with Crippen molar-refractivity contribution in [2.45, 2.75) is 37.9 Å². The Morgan fingerprint density at radius 2 is 2.06 bits per heavy atom. The number of benzene rings is 2. The quantitative estimate of drug-likeness (QED) is 0.720. The fourth-order valence-electron chi connectivity index (χ4n) is 4.25. The molecule has 31 heavy (non-hydrogen) atoms. The average Bonchev–Trinajstić information content (AvgIpc) is 2.76. The first-order valence-electron chi connectivity index (χ1n) is 10.4. The lowest BCUT2D eigenvalue weighted by Crippen LogP contribution is -2.56. The predicted octanol–water partition coefficient (Wildman–Crippen LogP) is 4.66. The minimum atomic E-state index is -0.607. The van der Waals surface area contributed by atoms with Gasteiger partial charge in [0, 0.05) is 49.7 Å². The van der Waals surface area contributed by atoms with Crippen molar-refractivity contribution >= 4 is 23.4 Å². The summed E-state index contributed by atoms with van der Waals surface area (Å²) in [4.78, 5) is 18.8. The molecule has 6 nitrogen and oxygen atoms in total. The van der Waals surface area contributed by atoms with Gasteiger partial charge in [0.15, 0.2) is 0 Å². The molecule has 8 heteroatoms. The van der Waals surface area contributed by atoms with Crippen molar-refractivity contribution in [1.82, 2.24) is 10.2 Å². The molecule has 1 atom stereocenters. The lowest BCUT2D eigenvalue weighted by Gasteiger charge is -2.45. The maximum absolute atomic E-state index is 13.7. The van der Waals surface area contributed by atoms with Crippen molar-refractivity contribution in [3.8, 4) is 5.75 Å². The summed E-state index contributed by atoms with van der Waals surface area (Å²) in [5.74, 6) is -0.300. The van der Waals surface area contributed by atoms with Crippen LogP contribution < -0.4 is 5.32 Å². The molecule has 2 N–H and O–H groups in total. The molecule has 1 saturated heterocycles. The van der Waals surface area contributed by atoms with Crippen LogP contribution in [0.5, 0.6) is 5.75 Å². The first kappa shape index (κ1) is 21.6.